The van der Waals surface area contributed by atoms with Crippen molar-refractivity contribution in [2.75, 3.05) is 0 Å². The molecule has 18 heavy (non-hydrogen) atoms. The van der Waals surface area contributed by atoms with Crippen LogP contribution in [0, 0.1) is 0 Å². The van der Waals surface area contributed by atoms with Crippen LogP contribution in [-0.4, -0.2) is 9.19 Å². The molecule has 0 N–H and O–H groups in total. The van der Waals surface area contributed by atoms with Gasteiger partial charge in [-0.1, -0.05) is 37.8 Å². The van der Waals surface area contributed by atoms with Gasteiger partial charge in [-0.05, 0) is 35.9 Å². The van der Waals surface area contributed by atoms with Crippen LogP contribution in [0.4, 0.5) is 0 Å². The Bertz CT molecular complexity index is 548. The van der Waals surface area contributed by atoms with Crippen LogP contribution in [0.15, 0.2) is 37.0 Å². The second-order valence-corrected chi connectivity index (χ2v) is 4.32. The van der Waals surface area contributed by atoms with Gasteiger partial charge in [0, 0.05) is 12.3 Å². The minimum atomic E-state index is 0.496. The van der Waals surface area contributed by atoms with Crippen LogP contribution >= 0.6 is 12.8 Å². The van der Waals surface area contributed by atoms with E-state index in [4.69, 9.17) is 4.74 Å². The van der Waals surface area contributed by atoms with Gasteiger partial charge in [0.25, 0.3) is 0 Å². The molecule has 3 nitrogen and oxygen atoms in total. The summed E-state index contributed by atoms with van der Waals surface area (Å²) in [6.07, 6.45) is 4.56. The predicted molar refractivity (Wildman–Crippen MR) is 76.9 cm³/mol. The molecule has 0 bridgehead atoms. The van der Waals surface area contributed by atoms with Crippen LogP contribution in [0.3, 0.4) is 0 Å². The minimum Gasteiger partial charge on any atom is -0.472 e. The van der Waals surface area contributed by atoms with E-state index in [0.717, 1.165) is 12.0 Å². The summed E-state index contributed by atoms with van der Waals surface area (Å²) in [5.74, 6) is 0.575. The number of thiol groups is 1. The van der Waals surface area contributed by atoms with Crippen LogP contribution < -0.4 is 4.74 Å². The maximum absolute atomic E-state index is 5.67. The van der Waals surface area contributed by atoms with E-state index in [1.165, 1.54) is 15.2 Å². The van der Waals surface area contributed by atoms with Crippen LogP contribution in [0.1, 0.15) is 23.6 Å². The van der Waals surface area contributed by atoms with Gasteiger partial charge < -0.3 is 4.74 Å². The van der Waals surface area contributed by atoms with E-state index >= 15 is 0 Å². The Morgan fingerprint density at radius 1 is 1.44 bits per heavy atom. The van der Waals surface area contributed by atoms with Gasteiger partial charge in [0.15, 0.2) is 0 Å². The lowest BCUT2D eigenvalue weighted by molar-refractivity contribution is 0.291. The molecule has 0 fully saturated rings. The third-order valence-electron chi connectivity index (χ3n) is 2.83. The molecular weight excluding hydrogens is 244 g/mol. The number of benzene rings is 1. The molecule has 0 aliphatic carbocycles. The second kappa shape index (κ2) is 5.78. The van der Waals surface area contributed by atoms with E-state index in [1.807, 2.05) is 18.2 Å². The Kier molecular flexibility index (Phi) is 4.10. The molecule has 2 rings (SSSR count). The average Bonchev–Trinajstić information content (AvgIpc) is 2.81. The molecule has 0 saturated heterocycles. The van der Waals surface area contributed by atoms with Crippen molar-refractivity contribution in [1.82, 2.24) is 9.19 Å². The number of hydrogen-bond donors (Lipinski definition) is 1. The van der Waals surface area contributed by atoms with Crippen molar-refractivity contribution < 1.29 is 4.74 Å². The zero-order valence-corrected chi connectivity index (χ0v) is 11.2. The van der Waals surface area contributed by atoms with Crippen molar-refractivity contribution in [3.8, 4) is 5.88 Å². The number of aryl methyl sites for hydroxylation is 1. The van der Waals surface area contributed by atoms with Gasteiger partial charge in [0.05, 0.1) is 0 Å². The summed E-state index contributed by atoms with van der Waals surface area (Å²) in [6.45, 7) is 6.47. The molecule has 94 valence electrons. The van der Waals surface area contributed by atoms with Crippen molar-refractivity contribution in [2.45, 2.75) is 20.0 Å². The summed E-state index contributed by atoms with van der Waals surface area (Å²) in [6, 6.07) is 7.99. The first kappa shape index (κ1) is 12.8. The van der Waals surface area contributed by atoms with Gasteiger partial charge in [-0.25, -0.2) is 4.09 Å². The van der Waals surface area contributed by atoms with E-state index in [1.54, 1.807) is 12.3 Å². The molecule has 0 unspecified atom stereocenters. The Hall–Kier alpha value is -1.68. The van der Waals surface area contributed by atoms with Crippen LogP contribution in [0.25, 0.3) is 6.08 Å². The lowest BCUT2D eigenvalue weighted by Crippen LogP contribution is -2.02. The molecule has 2 aromatic rings. The highest BCUT2D eigenvalue weighted by atomic mass is 32.1. The molecule has 1 heterocycles. The zero-order chi connectivity index (χ0) is 13.0. The SMILES string of the molecule is C=Cc1cccc(CC)c1COc1ccn(S)n1. The van der Waals surface area contributed by atoms with Crippen molar-refractivity contribution in [2.24, 2.45) is 0 Å². The topological polar surface area (TPSA) is 27.1 Å². The van der Waals surface area contributed by atoms with E-state index < -0.39 is 0 Å². The Balaban J connectivity index is 2.19. The standard InChI is InChI=1S/C14H16N2OS/c1-3-11-6-5-7-12(4-2)13(11)10-17-14-8-9-16(18)15-14/h3,5-9,18H,1,4,10H2,2H3. The first-order valence-corrected chi connectivity index (χ1v) is 6.25. The molecule has 0 saturated carbocycles. The fourth-order valence-corrected chi connectivity index (χ4v) is 2.03. The molecule has 0 amide bonds. The van der Waals surface area contributed by atoms with E-state index in [2.05, 4.69) is 37.5 Å². The third kappa shape index (κ3) is 2.76. The van der Waals surface area contributed by atoms with Gasteiger partial charge >= 0.3 is 0 Å². The van der Waals surface area contributed by atoms with Gasteiger partial charge in [-0.15, -0.1) is 5.10 Å². The molecule has 0 radical (unpaired) electrons. The Morgan fingerprint density at radius 2 is 2.28 bits per heavy atom. The molecule has 0 spiro atoms. The number of aromatic nitrogens is 2. The smallest absolute Gasteiger partial charge is 0.234 e. The number of nitrogens with zero attached hydrogens (tertiary/aromatic N) is 2. The summed E-state index contributed by atoms with van der Waals surface area (Å²) in [5.41, 5.74) is 3.56. The summed E-state index contributed by atoms with van der Waals surface area (Å²) in [7, 11) is 0. The highest BCUT2D eigenvalue weighted by Gasteiger charge is 2.07. The first-order valence-electron chi connectivity index (χ1n) is 5.85. The van der Waals surface area contributed by atoms with E-state index in [0.29, 0.717) is 12.5 Å². The molecule has 1 aromatic carbocycles. The quantitative estimate of drug-likeness (QED) is 0.835. The molecule has 0 atom stereocenters. The first-order chi connectivity index (χ1) is 8.74. The molecule has 0 aliphatic heterocycles. The average molecular weight is 260 g/mol. The molecule has 0 aliphatic rings. The summed E-state index contributed by atoms with van der Waals surface area (Å²) < 4.78 is 7.10. The maximum atomic E-state index is 5.67. The van der Waals surface area contributed by atoms with Crippen LogP contribution in [0.2, 0.25) is 0 Å². The highest BCUT2D eigenvalue weighted by molar-refractivity contribution is 7.78. The van der Waals surface area contributed by atoms with Crippen molar-refractivity contribution >= 4 is 18.9 Å². The highest BCUT2D eigenvalue weighted by Crippen LogP contribution is 2.19. The number of hydrogen-bond acceptors (Lipinski definition) is 3. The fraction of sp³-hybridized carbons (Fsp3) is 0.214. The maximum Gasteiger partial charge on any atom is 0.234 e. The third-order valence-corrected chi connectivity index (χ3v) is 3.05. The van der Waals surface area contributed by atoms with Gasteiger partial charge in [-0.2, -0.15) is 0 Å². The fourth-order valence-electron chi connectivity index (χ4n) is 1.87. The van der Waals surface area contributed by atoms with Gasteiger partial charge in [-0.3, -0.25) is 0 Å². The van der Waals surface area contributed by atoms with Crippen molar-refractivity contribution in [3.05, 3.63) is 53.7 Å². The van der Waals surface area contributed by atoms with E-state index in [-0.39, 0.29) is 0 Å². The zero-order valence-electron chi connectivity index (χ0n) is 10.3. The number of ether oxygens (including phenoxy) is 1. The predicted octanol–water partition coefficient (Wildman–Crippen LogP) is 3.36. The second-order valence-electron chi connectivity index (χ2n) is 3.91. The van der Waals surface area contributed by atoms with Crippen molar-refractivity contribution in [3.63, 3.8) is 0 Å². The van der Waals surface area contributed by atoms with Crippen LogP contribution in [-0.2, 0) is 13.0 Å². The van der Waals surface area contributed by atoms with Crippen molar-refractivity contribution in [1.29, 1.82) is 0 Å². The normalized spacial score (nSPS) is 10.3. The Labute approximate surface area is 113 Å². The molecular formula is C14H16N2OS. The molecule has 1 aromatic heterocycles. The largest absolute Gasteiger partial charge is 0.472 e. The van der Waals surface area contributed by atoms with E-state index in [9.17, 15) is 0 Å². The van der Waals surface area contributed by atoms with Gasteiger partial charge in [0.1, 0.15) is 6.61 Å². The van der Waals surface area contributed by atoms with Gasteiger partial charge in [0.2, 0.25) is 5.88 Å². The lowest BCUT2D eigenvalue weighted by atomic mass is 10.00. The van der Waals surface area contributed by atoms with Crippen LogP contribution in [0.5, 0.6) is 5.88 Å². The minimum absolute atomic E-state index is 0.496. The summed E-state index contributed by atoms with van der Waals surface area (Å²) in [4.78, 5) is 0. The lowest BCUT2D eigenvalue weighted by Gasteiger charge is -2.11. The summed E-state index contributed by atoms with van der Waals surface area (Å²) in [5, 5.41) is 4.07. The summed E-state index contributed by atoms with van der Waals surface area (Å²) >= 11 is 4.07. The Morgan fingerprint density at radius 3 is 2.89 bits per heavy atom. The number of rotatable bonds is 5. The molecule has 4 heteroatoms. The monoisotopic (exact) mass is 260 g/mol.